The molecule has 0 unspecified atom stereocenters. The smallest absolute Gasteiger partial charge is 0.417 e. The monoisotopic (exact) mass is 409 g/mol. The van der Waals surface area contributed by atoms with Crippen LogP contribution in [0.4, 0.5) is 18.9 Å². The highest BCUT2D eigenvalue weighted by molar-refractivity contribution is 5.96. The van der Waals surface area contributed by atoms with Gasteiger partial charge in [-0.2, -0.15) is 13.2 Å². The third kappa shape index (κ3) is 6.34. The van der Waals surface area contributed by atoms with Crippen LogP contribution in [0.2, 0.25) is 0 Å². The summed E-state index contributed by atoms with van der Waals surface area (Å²) in [5.74, 6) is -2.51. The Morgan fingerprint density at radius 3 is 2.21 bits per heavy atom. The maximum absolute atomic E-state index is 12.9. The van der Waals surface area contributed by atoms with Crippen LogP contribution < -0.4 is 5.32 Å². The first kappa shape index (κ1) is 21.9. The number of esters is 2. The van der Waals surface area contributed by atoms with Gasteiger partial charge in [0.15, 0.2) is 6.61 Å². The molecule has 0 aliphatic heterocycles. The zero-order chi connectivity index (χ0) is 21.4. The second-order valence-electron chi connectivity index (χ2n) is 5.88. The molecule has 0 aliphatic rings. The van der Waals surface area contributed by atoms with Crippen LogP contribution in [0.3, 0.4) is 0 Å². The molecular formula is C20H18F3NO5. The van der Waals surface area contributed by atoms with Gasteiger partial charge in [-0.15, -0.1) is 0 Å². The van der Waals surface area contributed by atoms with E-state index in [1.807, 2.05) is 6.92 Å². The Morgan fingerprint density at radius 1 is 0.931 bits per heavy atom. The molecule has 0 fully saturated rings. The number of ether oxygens (including phenoxy) is 2. The number of amides is 1. The summed E-state index contributed by atoms with van der Waals surface area (Å²) in [7, 11) is 0. The van der Waals surface area contributed by atoms with Crippen molar-refractivity contribution in [3.8, 4) is 0 Å². The lowest BCUT2D eigenvalue weighted by atomic mass is 10.1. The van der Waals surface area contributed by atoms with Crippen LogP contribution in [0.5, 0.6) is 0 Å². The van der Waals surface area contributed by atoms with Gasteiger partial charge < -0.3 is 14.8 Å². The largest absolute Gasteiger partial charge is 0.462 e. The van der Waals surface area contributed by atoms with Crippen LogP contribution in [-0.2, 0) is 20.4 Å². The Morgan fingerprint density at radius 2 is 1.59 bits per heavy atom. The van der Waals surface area contributed by atoms with Crippen LogP contribution in [0.1, 0.15) is 39.6 Å². The summed E-state index contributed by atoms with van der Waals surface area (Å²) >= 11 is 0. The van der Waals surface area contributed by atoms with Gasteiger partial charge in [0.25, 0.3) is 5.91 Å². The molecule has 6 nitrogen and oxygen atoms in total. The minimum atomic E-state index is -4.72. The molecule has 0 atom stereocenters. The average Bonchev–Trinajstić information content (AvgIpc) is 2.70. The second kappa shape index (κ2) is 9.72. The summed E-state index contributed by atoms with van der Waals surface area (Å²) in [4.78, 5) is 35.5. The Hall–Kier alpha value is -3.36. The maximum atomic E-state index is 12.9. The quantitative estimate of drug-likeness (QED) is 0.698. The third-order valence-corrected chi connectivity index (χ3v) is 3.63. The van der Waals surface area contributed by atoms with E-state index in [1.54, 1.807) is 0 Å². The normalized spacial score (nSPS) is 10.9. The molecule has 29 heavy (non-hydrogen) atoms. The molecule has 9 heteroatoms. The number of rotatable bonds is 7. The molecule has 154 valence electrons. The van der Waals surface area contributed by atoms with Crippen LogP contribution >= 0.6 is 0 Å². The fourth-order valence-corrected chi connectivity index (χ4v) is 2.28. The van der Waals surface area contributed by atoms with Gasteiger partial charge in [-0.05, 0) is 42.8 Å². The lowest BCUT2D eigenvalue weighted by Crippen LogP contribution is -2.22. The van der Waals surface area contributed by atoms with E-state index in [0.29, 0.717) is 24.3 Å². The number of hydrogen-bond acceptors (Lipinski definition) is 5. The van der Waals surface area contributed by atoms with E-state index in [1.165, 1.54) is 30.3 Å². The molecule has 0 radical (unpaired) electrons. The van der Waals surface area contributed by atoms with Gasteiger partial charge in [-0.1, -0.05) is 19.1 Å². The summed E-state index contributed by atoms with van der Waals surface area (Å²) in [6, 6.07) is 9.91. The highest BCUT2D eigenvalue weighted by Gasteiger charge is 2.35. The molecule has 0 saturated carbocycles. The van der Waals surface area contributed by atoms with Crippen molar-refractivity contribution in [3.63, 3.8) is 0 Å². The molecule has 0 spiro atoms. The molecule has 1 amide bonds. The number of carbonyl (C=O) groups excluding carboxylic acids is 3. The van der Waals surface area contributed by atoms with Gasteiger partial charge >= 0.3 is 18.1 Å². The fourth-order valence-electron chi connectivity index (χ4n) is 2.28. The maximum Gasteiger partial charge on any atom is 0.417 e. The Labute approximate surface area is 164 Å². The number of halogens is 3. The van der Waals surface area contributed by atoms with Crippen LogP contribution in [0.25, 0.3) is 0 Å². The van der Waals surface area contributed by atoms with Crippen LogP contribution in [-0.4, -0.2) is 31.1 Å². The number of hydrogen-bond donors (Lipinski definition) is 1. The number of carbonyl (C=O) groups is 3. The van der Waals surface area contributed by atoms with Gasteiger partial charge in [-0.3, -0.25) is 4.79 Å². The predicted molar refractivity (Wildman–Crippen MR) is 97.4 cm³/mol. The van der Waals surface area contributed by atoms with Gasteiger partial charge in [0.2, 0.25) is 0 Å². The van der Waals surface area contributed by atoms with E-state index in [9.17, 15) is 27.6 Å². The van der Waals surface area contributed by atoms with Gasteiger partial charge in [0, 0.05) is 5.69 Å². The topological polar surface area (TPSA) is 81.7 Å². The number of nitrogens with one attached hydrogen (secondary N) is 1. The van der Waals surface area contributed by atoms with Crippen molar-refractivity contribution in [2.75, 3.05) is 18.5 Å². The fraction of sp³-hybridized carbons (Fsp3) is 0.250. The predicted octanol–water partition coefficient (Wildman–Crippen LogP) is 4.07. The van der Waals surface area contributed by atoms with Crippen molar-refractivity contribution in [2.24, 2.45) is 0 Å². The first-order valence-corrected chi connectivity index (χ1v) is 8.62. The second-order valence-corrected chi connectivity index (χ2v) is 5.88. The first-order chi connectivity index (χ1) is 13.7. The minimum Gasteiger partial charge on any atom is -0.462 e. The molecule has 0 heterocycles. The third-order valence-electron chi connectivity index (χ3n) is 3.63. The van der Waals surface area contributed by atoms with E-state index in [2.05, 4.69) is 10.1 Å². The number of benzene rings is 2. The van der Waals surface area contributed by atoms with E-state index in [-0.39, 0.29) is 0 Å². The van der Waals surface area contributed by atoms with Gasteiger partial charge in [0.05, 0.1) is 23.3 Å². The van der Waals surface area contributed by atoms with Crippen LogP contribution in [0.15, 0.2) is 48.5 Å². The molecule has 1 N–H and O–H groups in total. The summed E-state index contributed by atoms with van der Waals surface area (Å²) in [5.41, 5.74) is -1.21. The molecule has 0 bridgehead atoms. The first-order valence-electron chi connectivity index (χ1n) is 8.62. The Kier molecular flexibility index (Phi) is 7.35. The molecule has 2 aromatic carbocycles. The average molecular weight is 409 g/mol. The van der Waals surface area contributed by atoms with Gasteiger partial charge in [-0.25, -0.2) is 9.59 Å². The number of anilines is 1. The lowest BCUT2D eigenvalue weighted by molar-refractivity contribution is -0.138. The Balaban J connectivity index is 1.92. The SMILES string of the molecule is CCCOC(=O)c1ccc(NC(=O)COC(=O)c2ccccc2C(F)(F)F)cc1. The van der Waals surface area contributed by atoms with E-state index < -0.39 is 41.8 Å². The van der Waals surface area contributed by atoms with Crippen molar-refractivity contribution in [1.82, 2.24) is 0 Å². The molecule has 2 rings (SSSR count). The van der Waals surface area contributed by atoms with E-state index >= 15 is 0 Å². The number of alkyl halides is 3. The highest BCUT2D eigenvalue weighted by Crippen LogP contribution is 2.32. The zero-order valence-corrected chi connectivity index (χ0v) is 15.4. The standard InChI is InChI=1S/C20H18F3NO5/c1-2-11-28-18(26)13-7-9-14(10-8-13)24-17(25)12-29-19(27)15-5-3-4-6-16(15)20(21,22)23/h3-10H,2,11-12H2,1H3,(H,24,25). The molecule has 0 aromatic heterocycles. The van der Waals surface area contributed by atoms with Crippen molar-refractivity contribution < 1.29 is 37.0 Å². The zero-order valence-electron chi connectivity index (χ0n) is 15.4. The van der Waals surface area contributed by atoms with Crippen molar-refractivity contribution in [1.29, 1.82) is 0 Å². The molecular weight excluding hydrogens is 391 g/mol. The summed E-state index contributed by atoms with van der Waals surface area (Å²) in [5, 5.41) is 2.41. The molecule has 0 aliphatic carbocycles. The van der Waals surface area contributed by atoms with E-state index in [0.717, 1.165) is 18.2 Å². The summed E-state index contributed by atoms with van der Waals surface area (Å²) in [6.07, 6.45) is -4.04. The molecule has 0 saturated heterocycles. The lowest BCUT2D eigenvalue weighted by Gasteiger charge is -2.12. The van der Waals surface area contributed by atoms with Crippen LogP contribution in [0, 0.1) is 0 Å². The summed E-state index contributed by atoms with van der Waals surface area (Å²) in [6.45, 7) is 1.38. The summed E-state index contributed by atoms with van der Waals surface area (Å²) < 4.78 is 48.5. The van der Waals surface area contributed by atoms with E-state index in [4.69, 9.17) is 4.74 Å². The van der Waals surface area contributed by atoms with Crippen molar-refractivity contribution >= 4 is 23.5 Å². The minimum absolute atomic E-state index is 0.292. The van der Waals surface area contributed by atoms with Gasteiger partial charge in [0.1, 0.15) is 0 Å². The Bertz CT molecular complexity index is 878. The highest BCUT2D eigenvalue weighted by atomic mass is 19.4. The van der Waals surface area contributed by atoms with Crippen molar-refractivity contribution in [2.45, 2.75) is 19.5 Å². The van der Waals surface area contributed by atoms with Crippen molar-refractivity contribution in [3.05, 3.63) is 65.2 Å². The molecule has 2 aromatic rings.